The van der Waals surface area contributed by atoms with E-state index in [1.807, 2.05) is 43.3 Å². The lowest BCUT2D eigenvalue weighted by Gasteiger charge is -2.11. The van der Waals surface area contributed by atoms with Crippen molar-refractivity contribution in [3.63, 3.8) is 0 Å². The van der Waals surface area contributed by atoms with Crippen molar-refractivity contribution in [1.82, 2.24) is 5.43 Å². The number of carbonyl (C=O) groups is 1. The highest BCUT2D eigenvalue weighted by Gasteiger charge is 2.10. The van der Waals surface area contributed by atoms with Gasteiger partial charge in [-0.1, -0.05) is 53.5 Å². The summed E-state index contributed by atoms with van der Waals surface area (Å²) in [5.74, 6) is 0.522. The van der Waals surface area contributed by atoms with Crippen molar-refractivity contribution in [2.45, 2.75) is 13.5 Å². The summed E-state index contributed by atoms with van der Waals surface area (Å²) >= 11 is 15.7. The van der Waals surface area contributed by atoms with Crippen LogP contribution in [0.2, 0.25) is 10.0 Å². The van der Waals surface area contributed by atoms with E-state index in [0.717, 1.165) is 16.8 Å². The molecule has 0 fully saturated rings. The Balaban J connectivity index is 1.59. The van der Waals surface area contributed by atoms with Gasteiger partial charge in [-0.2, -0.15) is 5.10 Å². The topological polar surface area (TPSA) is 62.7 Å². The van der Waals surface area contributed by atoms with Crippen LogP contribution in [0, 0.1) is 6.92 Å². The van der Waals surface area contributed by atoms with E-state index in [1.54, 1.807) is 24.3 Å². The van der Waals surface area contributed by atoms with Gasteiger partial charge in [0.15, 0.2) is 5.75 Å². The van der Waals surface area contributed by atoms with E-state index in [0.29, 0.717) is 32.4 Å². The molecule has 0 aliphatic rings. The minimum absolute atomic E-state index is 0.351. The average molecular weight is 507 g/mol. The lowest BCUT2D eigenvalue weighted by molar-refractivity contribution is 0.252. The highest BCUT2D eigenvalue weighted by molar-refractivity contribution is 9.10. The van der Waals surface area contributed by atoms with E-state index in [4.69, 9.17) is 27.9 Å². The number of hydrazone groups is 1. The Morgan fingerprint density at radius 2 is 1.87 bits per heavy atom. The molecule has 0 spiro atoms. The quantitative estimate of drug-likeness (QED) is 0.285. The zero-order valence-electron chi connectivity index (χ0n) is 16.0. The van der Waals surface area contributed by atoms with Crippen LogP contribution in [0.4, 0.5) is 10.5 Å². The van der Waals surface area contributed by atoms with Crippen molar-refractivity contribution in [3.8, 4) is 5.75 Å². The maximum atomic E-state index is 12.0. The predicted octanol–water partition coefficient (Wildman–Crippen LogP) is 6.80. The Morgan fingerprint density at radius 1 is 1.13 bits per heavy atom. The third-order valence-electron chi connectivity index (χ3n) is 4.09. The second-order valence-corrected chi connectivity index (χ2v) is 8.07. The summed E-state index contributed by atoms with van der Waals surface area (Å²) in [6.45, 7) is 2.26. The van der Waals surface area contributed by atoms with Crippen LogP contribution < -0.4 is 15.5 Å². The summed E-state index contributed by atoms with van der Waals surface area (Å²) in [5, 5.41) is 7.79. The van der Waals surface area contributed by atoms with Crippen molar-refractivity contribution in [3.05, 3.63) is 91.9 Å². The van der Waals surface area contributed by atoms with E-state index in [2.05, 4.69) is 31.8 Å². The van der Waals surface area contributed by atoms with Crippen LogP contribution in [0.25, 0.3) is 0 Å². The molecule has 0 aromatic heterocycles. The van der Waals surface area contributed by atoms with Crippen LogP contribution in [0.15, 0.2) is 70.2 Å². The molecule has 2 amide bonds. The molecule has 154 valence electrons. The summed E-state index contributed by atoms with van der Waals surface area (Å²) in [6, 6.07) is 17.9. The molecule has 3 rings (SSSR count). The molecule has 0 unspecified atom stereocenters. The SMILES string of the molecule is Cc1ccccc1NC(=O)NN=Cc1cc(Cl)c(OCc2ccc(Cl)cc2)c(Br)c1. The van der Waals surface area contributed by atoms with Crippen molar-refractivity contribution >= 4 is 57.1 Å². The number of nitrogens with one attached hydrogen (secondary N) is 2. The Labute approximate surface area is 193 Å². The number of rotatable bonds is 6. The number of nitrogens with zero attached hydrogens (tertiary/aromatic N) is 1. The predicted molar refractivity (Wildman–Crippen MR) is 126 cm³/mol. The molecule has 0 saturated carbocycles. The van der Waals surface area contributed by atoms with Gasteiger partial charge in [-0.15, -0.1) is 0 Å². The summed E-state index contributed by atoms with van der Waals surface area (Å²) in [7, 11) is 0. The molecule has 0 aliphatic carbocycles. The zero-order valence-corrected chi connectivity index (χ0v) is 19.1. The number of ether oxygens (including phenoxy) is 1. The number of aryl methyl sites for hydroxylation is 1. The van der Waals surface area contributed by atoms with Gasteiger partial charge in [-0.3, -0.25) is 0 Å². The van der Waals surface area contributed by atoms with Crippen LogP contribution in [0.1, 0.15) is 16.7 Å². The first-order valence-electron chi connectivity index (χ1n) is 8.94. The number of amides is 2. The van der Waals surface area contributed by atoms with Crippen LogP contribution in [-0.2, 0) is 6.61 Å². The van der Waals surface area contributed by atoms with Crippen molar-refractivity contribution in [2.75, 3.05) is 5.32 Å². The highest BCUT2D eigenvalue weighted by atomic mass is 79.9. The van der Waals surface area contributed by atoms with Gasteiger partial charge < -0.3 is 10.1 Å². The highest BCUT2D eigenvalue weighted by Crippen LogP contribution is 2.34. The molecule has 5 nitrogen and oxygen atoms in total. The molecule has 0 atom stereocenters. The van der Waals surface area contributed by atoms with Crippen molar-refractivity contribution in [2.24, 2.45) is 5.10 Å². The number of benzene rings is 3. The molecule has 0 aliphatic heterocycles. The third kappa shape index (κ3) is 6.23. The van der Waals surface area contributed by atoms with Gasteiger partial charge in [0, 0.05) is 10.7 Å². The monoisotopic (exact) mass is 505 g/mol. The van der Waals surface area contributed by atoms with Crippen LogP contribution in [0.3, 0.4) is 0 Å². The van der Waals surface area contributed by atoms with Gasteiger partial charge in [0.05, 0.1) is 15.7 Å². The van der Waals surface area contributed by atoms with Crippen LogP contribution >= 0.6 is 39.1 Å². The van der Waals surface area contributed by atoms with E-state index in [1.165, 1.54) is 6.21 Å². The number of carbonyl (C=O) groups excluding carboxylic acids is 1. The second kappa shape index (κ2) is 10.5. The molecule has 0 heterocycles. The minimum Gasteiger partial charge on any atom is -0.486 e. The first kappa shape index (κ1) is 22.2. The molecule has 0 saturated heterocycles. The third-order valence-corrected chi connectivity index (χ3v) is 5.21. The summed E-state index contributed by atoms with van der Waals surface area (Å²) in [5.41, 5.74) is 5.78. The fourth-order valence-electron chi connectivity index (χ4n) is 2.56. The van der Waals surface area contributed by atoms with E-state index >= 15 is 0 Å². The molecule has 2 N–H and O–H groups in total. The van der Waals surface area contributed by atoms with E-state index in [9.17, 15) is 4.79 Å². The maximum absolute atomic E-state index is 12.0. The Bertz CT molecular complexity index is 1050. The average Bonchev–Trinajstić information content (AvgIpc) is 2.70. The second-order valence-electron chi connectivity index (χ2n) is 6.37. The Morgan fingerprint density at radius 3 is 2.57 bits per heavy atom. The van der Waals surface area contributed by atoms with Crippen molar-refractivity contribution in [1.29, 1.82) is 0 Å². The summed E-state index contributed by atoms with van der Waals surface area (Å²) in [4.78, 5) is 12.0. The fraction of sp³-hybridized carbons (Fsp3) is 0.0909. The molecule has 30 heavy (non-hydrogen) atoms. The lowest BCUT2D eigenvalue weighted by atomic mass is 10.2. The molecular formula is C22H18BrCl2N3O2. The van der Waals surface area contributed by atoms with Crippen LogP contribution in [0.5, 0.6) is 5.75 Å². The van der Waals surface area contributed by atoms with E-state index < -0.39 is 6.03 Å². The van der Waals surface area contributed by atoms with Crippen molar-refractivity contribution < 1.29 is 9.53 Å². The summed E-state index contributed by atoms with van der Waals surface area (Å²) in [6.07, 6.45) is 1.50. The van der Waals surface area contributed by atoms with Gasteiger partial charge >= 0.3 is 6.03 Å². The molecule has 3 aromatic rings. The van der Waals surface area contributed by atoms with Gasteiger partial charge in [0.25, 0.3) is 0 Å². The molecular weight excluding hydrogens is 489 g/mol. The number of urea groups is 1. The Hall–Kier alpha value is -2.54. The minimum atomic E-state index is -0.436. The van der Waals surface area contributed by atoms with Gasteiger partial charge in [-0.25, -0.2) is 10.2 Å². The standard InChI is InChI=1S/C22H18BrCl2N3O2/c1-14-4-2-3-5-20(14)27-22(29)28-26-12-16-10-18(23)21(19(25)11-16)30-13-15-6-8-17(24)9-7-15/h2-12H,13H2,1H3,(H2,27,28,29). The normalized spacial score (nSPS) is 10.8. The van der Waals surface area contributed by atoms with Crippen LogP contribution in [-0.4, -0.2) is 12.2 Å². The smallest absolute Gasteiger partial charge is 0.339 e. The van der Waals surface area contributed by atoms with Gasteiger partial charge in [-0.05, 0) is 69.9 Å². The largest absolute Gasteiger partial charge is 0.486 e. The molecule has 0 bridgehead atoms. The number of anilines is 1. The fourth-order valence-corrected chi connectivity index (χ4v) is 3.67. The number of halogens is 3. The van der Waals surface area contributed by atoms with Gasteiger partial charge in [0.1, 0.15) is 6.61 Å². The summed E-state index contributed by atoms with van der Waals surface area (Å²) < 4.78 is 6.50. The number of hydrogen-bond donors (Lipinski definition) is 2. The molecule has 8 heteroatoms. The molecule has 3 aromatic carbocycles. The number of hydrogen-bond acceptors (Lipinski definition) is 3. The van der Waals surface area contributed by atoms with Gasteiger partial charge in [0.2, 0.25) is 0 Å². The Kier molecular flexibility index (Phi) is 7.74. The lowest BCUT2D eigenvalue weighted by Crippen LogP contribution is -2.24. The molecule has 0 radical (unpaired) electrons. The maximum Gasteiger partial charge on any atom is 0.339 e. The first-order valence-corrected chi connectivity index (χ1v) is 10.5. The first-order chi connectivity index (χ1) is 14.4. The number of para-hydroxylation sites is 1. The van der Waals surface area contributed by atoms with E-state index in [-0.39, 0.29) is 0 Å². The zero-order chi connectivity index (χ0) is 21.5.